The summed E-state index contributed by atoms with van der Waals surface area (Å²) in [5.74, 6) is -1.76. The van der Waals surface area contributed by atoms with Crippen molar-refractivity contribution in [2.75, 3.05) is 9.44 Å². The van der Waals surface area contributed by atoms with Crippen LogP contribution in [-0.4, -0.2) is 26.8 Å². The van der Waals surface area contributed by atoms with E-state index in [1.807, 2.05) is 6.07 Å². The normalized spacial score (nSPS) is 11.4. The molecule has 0 unspecified atom stereocenters. The maximum absolute atomic E-state index is 14.7. The van der Waals surface area contributed by atoms with E-state index in [9.17, 15) is 34.4 Å². The summed E-state index contributed by atoms with van der Waals surface area (Å²) >= 11 is 1.03. The molecule has 3 aromatic heterocycles. The summed E-state index contributed by atoms with van der Waals surface area (Å²) in [4.78, 5) is 8.46. The van der Waals surface area contributed by atoms with E-state index in [1.54, 1.807) is 37.4 Å². The Morgan fingerprint density at radius 3 is 1.61 bits per heavy atom. The van der Waals surface area contributed by atoms with Gasteiger partial charge in [-0.25, -0.2) is 34.4 Å². The molecule has 0 radical (unpaired) electrons. The number of sulfonamides is 2. The van der Waals surface area contributed by atoms with Gasteiger partial charge in [0.25, 0.3) is 20.0 Å². The number of thiophene rings is 1. The van der Waals surface area contributed by atoms with Gasteiger partial charge in [-0.1, -0.05) is 12.1 Å². The molecule has 3 heterocycles. The van der Waals surface area contributed by atoms with Gasteiger partial charge in [0, 0.05) is 46.4 Å². The van der Waals surface area contributed by atoms with E-state index in [2.05, 4.69) is 19.4 Å². The number of halogens is 4. The second-order valence-corrected chi connectivity index (χ2v) is 17.7. The van der Waals surface area contributed by atoms with Crippen molar-refractivity contribution in [1.82, 2.24) is 9.97 Å². The topological polar surface area (TPSA) is 160 Å². The van der Waals surface area contributed by atoms with Gasteiger partial charge in [-0.3, -0.25) is 19.4 Å². The van der Waals surface area contributed by atoms with E-state index in [-0.39, 0.29) is 43.3 Å². The quantitative estimate of drug-likeness (QED) is 0.127. The van der Waals surface area contributed by atoms with Crippen LogP contribution in [0.5, 0.6) is 23.0 Å². The summed E-state index contributed by atoms with van der Waals surface area (Å²) in [6.07, 6.45) is 0. The molecule has 0 spiro atoms. The van der Waals surface area contributed by atoms with E-state index in [4.69, 9.17) is 14.7 Å². The highest BCUT2D eigenvalue weighted by Crippen LogP contribution is 2.34. The fourth-order valence-electron chi connectivity index (χ4n) is 5.84. The summed E-state index contributed by atoms with van der Waals surface area (Å²) in [5, 5.41) is 11.4. The van der Waals surface area contributed by atoms with Crippen LogP contribution in [0.25, 0.3) is 21.8 Å². The van der Waals surface area contributed by atoms with Gasteiger partial charge in [0.2, 0.25) is 0 Å². The molecule has 2 N–H and O–H groups in total. The first-order valence-corrected chi connectivity index (χ1v) is 21.6. The average Bonchev–Trinajstić information content (AvgIpc) is 3.78. The Morgan fingerprint density at radius 2 is 1.13 bits per heavy atom. The van der Waals surface area contributed by atoms with Gasteiger partial charge in [0.15, 0.2) is 11.6 Å². The lowest BCUT2D eigenvalue weighted by Gasteiger charge is -2.13. The molecule has 0 aliphatic carbocycles. The minimum Gasteiger partial charge on any atom is -0.456 e. The van der Waals surface area contributed by atoms with Crippen LogP contribution in [0.1, 0.15) is 17.0 Å². The van der Waals surface area contributed by atoms with Gasteiger partial charge >= 0.3 is 0 Å². The Bertz CT molecular complexity index is 3240. The van der Waals surface area contributed by atoms with Gasteiger partial charge in [-0.2, -0.15) is 5.26 Å². The molecule has 18 heteroatoms. The van der Waals surface area contributed by atoms with E-state index in [1.165, 1.54) is 91.0 Å². The molecule has 0 aliphatic heterocycles. The van der Waals surface area contributed by atoms with E-state index < -0.39 is 43.3 Å². The van der Waals surface area contributed by atoms with Crippen molar-refractivity contribution in [3.8, 4) is 29.1 Å². The third-order valence-corrected chi connectivity index (χ3v) is 12.7. The number of hydrogen-bond donors (Lipinski definition) is 2. The van der Waals surface area contributed by atoms with Crippen molar-refractivity contribution < 1.29 is 43.9 Å². The van der Waals surface area contributed by atoms with Crippen LogP contribution >= 0.6 is 11.3 Å². The lowest BCUT2D eigenvalue weighted by atomic mass is 10.2. The Hall–Kier alpha value is -7.07. The zero-order chi connectivity index (χ0) is 43.5. The van der Waals surface area contributed by atoms with Crippen molar-refractivity contribution in [3.63, 3.8) is 0 Å². The minimum absolute atomic E-state index is 0.0815. The van der Waals surface area contributed by atoms with Gasteiger partial charge in [0.05, 0.1) is 38.9 Å². The predicted molar refractivity (Wildman–Crippen MR) is 223 cm³/mol. The fourth-order valence-corrected chi connectivity index (χ4v) is 9.01. The van der Waals surface area contributed by atoms with Crippen LogP contribution in [0.3, 0.4) is 0 Å². The average molecular weight is 884 g/mol. The standard InChI is InChI=1S/C23H15F2N3O3S.C20H14F2N2O3S2/c1-14-9-23(19-11-16(24)5-7-21(19)27-14)31-17-6-8-22(20(25)12-17)28-32(29,30)18-4-2-3-15(10-18)13-26;1-12-9-19(15-10-13(21)4-6-17(15)23-12)27-14-5-7-18(16(22)11-14)24-29(25,26)20-3-2-8-28-20/h2-12,28H,1H3;2-11,24H,1H3. The monoisotopic (exact) mass is 883 g/mol. The molecular formula is C43H29F4N5O6S3. The number of ether oxygens (including phenoxy) is 2. The molecule has 0 bridgehead atoms. The third-order valence-electron chi connectivity index (χ3n) is 8.58. The Balaban J connectivity index is 0.000000185. The molecule has 0 saturated carbocycles. The number of pyridine rings is 2. The highest BCUT2D eigenvalue weighted by atomic mass is 32.2. The van der Waals surface area contributed by atoms with Crippen LogP contribution in [0.15, 0.2) is 136 Å². The molecule has 0 saturated heterocycles. The molecule has 11 nitrogen and oxygen atoms in total. The fraction of sp³-hybridized carbons (Fsp3) is 0.0465. The Kier molecular flexibility index (Phi) is 11.9. The van der Waals surface area contributed by atoms with E-state index in [0.717, 1.165) is 23.5 Å². The summed E-state index contributed by atoms with van der Waals surface area (Å²) in [6.45, 7) is 3.51. The minimum atomic E-state index is -4.11. The molecule has 0 fully saturated rings. The van der Waals surface area contributed by atoms with Crippen LogP contribution in [0.2, 0.25) is 0 Å². The number of nitriles is 1. The first kappa shape index (κ1) is 42.1. The molecule has 5 aromatic carbocycles. The third kappa shape index (κ3) is 9.87. The zero-order valence-corrected chi connectivity index (χ0v) is 34.1. The summed E-state index contributed by atoms with van der Waals surface area (Å²) in [5.41, 5.74) is 2.01. The Labute approximate surface area is 350 Å². The second-order valence-electron chi connectivity index (χ2n) is 13.1. The molecule has 308 valence electrons. The van der Waals surface area contributed by atoms with Crippen LogP contribution in [0.4, 0.5) is 28.9 Å². The lowest BCUT2D eigenvalue weighted by molar-refractivity contribution is 0.481. The number of fused-ring (bicyclic) bond motifs is 2. The van der Waals surface area contributed by atoms with Crippen molar-refractivity contribution >= 4 is 64.6 Å². The van der Waals surface area contributed by atoms with Gasteiger partial charge in [-0.15, -0.1) is 11.3 Å². The number of aromatic nitrogens is 2. The van der Waals surface area contributed by atoms with Crippen molar-refractivity contribution in [1.29, 1.82) is 5.26 Å². The second kappa shape index (κ2) is 17.3. The number of anilines is 2. The molecule has 0 amide bonds. The highest BCUT2D eigenvalue weighted by Gasteiger charge is 2.20. The highest BCUT2D eigenvalue weighted by molar-refractivity contribution is 7.94. The maximum Gasteiger partial charge on any atom is 0.271 e. The number of aryl methyl sites for hydroxylation is 2. The predicted octanol–water partition coefficient (Wildman–Crippen LogP) is 10.8. The SMILES string of the molecule is Cc1cc(Oc2ccc(NS(=O)(=O)c3cccc(C#N)c3)c(F)c2)c2cc(F)ccc2n1.Cc1cc(Oc2ccc(NS(=O)(=O)c3cccs3)c(F)c2)c2cc(F)ccc2n1. The molecule has 8 rings (SSSR count). The first-order chi connectivity index (χ1) is 29.1. The number of nitrogens with one attached hydrogen (secondary N) is 2. The van der Waals surface area contributed by atoms with Crippen LogP contribution in [-0.2, 0) is 20.0 Å². The summed E-state index contributed by atoms with van der Waals surface area (Å²) < 4.78 is 122. The number of rotatable bonds is 10. The molecular weight excluding hydrogens is 855 g/mol. The molecule has 8 aromatic rings. The van der Waals surface area contributed by atoms with Gasteiger partial charge in [0.1, 0.15) is 38.8 Å². The summed E-state index contributed by atoms with van der Waals surface area (Å²) in [6, 6.07) is 29.0. The molecule has 0 aliphatic rings. The smallest absolute Gasteiger partial charge is 0.271 e. The van der Waals surface area contributed by atoms with E-state index in [0.29, 0.717) is 38.9 Å². The van der Waals surface area contributed by atoms with Crippen molar-refractivity contribution in [2.45, 2.75) is 23.0 Å². The number of hydrogen-bond acceptors (Lipinski definition) is 10. The van der Waals surface area contributed by atoms with Crippen LogP contribution in [0, 0.1) is 48.4 Å². The maximum atomic E-state index is 14.7. The van der Waals surface area contributed by atoms with Crippen LogP contribution < -0.4 is 18.9 Å². The first-order valence-electron chi connectivity index (χ1n) is 17.7. The Morgan fingerprint density at radius 1 is 0.607 bits per heavy atom. The summed E-state index contributed by atoms with van der Waals surface area (Å²) in [7, 11) is -7.98. The van der Waals surface area contributed by atoms with Crippen molar-refractivity contribution in [2.24, 2.45) is 0 Å². The van der Waals surface area contributed by atoms with Crippen molar-refractivity contribution in [3.05, 3.63) is 167 Å². The van der Waals surface area contributed by atoms with E-state index >= 15 is 0 Å². The van der Waals surface area contributed by atoms with Gasteiger partial charge < -0.3 is 9.47 Å². The lowest BCUT2D eigenvalue weighted by Crippen LogP contribution is -2.14. The van der Waals surface area contributed by atoms with Gasteiger partial charge in [-0.05, 0) is 104 Å². The zero-order valence-electron chi connectivity index (χ0n) is 31.7. The number of benzene rings is 5. The molecule has 0 atom stereocenters. The largest absolute Gasteiger partial charge is 0.456 e. The molecule has 61 heavy (non-hydrogen) atoms. The number of nitrogens with zero attached hydrogens (tertiary/aromatic N) is 3.